The molecule has 0 saturated carbocycles. The Morgan fingerprint density at radius 2 is 2.21 bits per heavy atom. The van der Waals surface area contributed by atoms with Crippen LogP contribution in [-0.2, 0) is 16.0 Å². The highest BCUT2D eigenvalue weighted by molar-refractivity contribution is 5.88. The number of ether oxygens (including phenoxy) is 1. The molecule has 1 aromatic heterocycles. The van der Waals surface area contributed by atoms with E-state index >= 15 is 0 Å². The van der Waals surface area contributed by atoms with Gasteiger partial charge in [0, 0.05) is 23.4 Å². The highest BCUT2D eigenvalue weighted by atomic mass is 16.5. The molecule has 0 unspecified atom stereocenters. The number of esters is 1. The molecular formula is C20H18O4. The van der Waals surface area contributed by atoms with E-state index in [4.69, 9.17) is 9.15 Å². The molecule has 3 rings (SSSR count). The van der Waals surface area contributed by atoms with E-state index in [9.17, 15) is 9.59 Å². The second-order valence-electron chi connectivity index (χ2n) is 5.63. The van der Waals surface area contributed by atoms with Crippen molar-refractivity contribution in [1.82, 2.24) is 0 Å². The second kappa shape index (κ2) is 7.18. The summed E-state index contributed by atoms with van der Waals surface area (Å²) in [6.07, 6.45) is 6.73. The average molecular weight is 322 g/mol. The Labute approximate surface area is 140 Å². The first-order valence-corrected chi connectivity index (χ1v) is 8.12. The van der Waals surface area contributed by atoms with Crippen molar-refractivity contribution in [1.29, 1.82) is 0 Å². The molecule has 1 heterocycles. The predicted octanol–water partition coefficient (Wildman–Crippen LogP) is 3.45. The van der Waals surface area contributed by atoms with E-state index < -0.39 is 11.6 Å². The summed E-state index contributed by atoms with van der Waals surface area (Å²) in [4.78, 5) is 23.5. The molecule has 0 saturated heterocycles. The molecule has 24 heavy (non-hydrogen) atoms. The number of aryl methyl sites for hydroxylation is 1. The van der Waals surface area contributed by atoms with Crippen LogP contribution >= 0.6 is 0 Å². The van der Waals surface area contributed by atoms with E-state index in [1.165, 1.54) is 17.7 Å². The fourth-order valence-electron chi connectivity index (χ4n) is 2.70. The van der Waals surface area contributed by atoms with Gasteiger partial charge >= 0.3 is 11.6 Å². The Morgan fingerprint density at radius 1 is 1.33 bits per heavy atom. The smallest absolute Gasteiger partial charge is 0.343 e. The maximum Gasteiger partial charge on any atom is 0.343 e. The standard InChI is InChI=1S/C20H18O4/c1-2-23-19(21)10-9-16-12-17-11-14-7-5-3-4-6-8-15(14)13-18(17)24-20(16)22/h9-13H,2-5,7H2,1H3/b10-9+. The van der Waals surface area contributed by atoms with Crippen LogP contribution in [0.15, 0.2) is 33.5 Å². The molecule has 0 spiro atoms. The minimum Gasteiger partial charge on any atom is -0.463 e. The fourth-order valence-corrected chi connectivity index (χ4v) is 2.70. The molecule has 0 fully saturated rings. The third-order valence-electron chi connectivity index (χ3n) is 3.89. The summed E-state index contributed by atoms with van der Waals surface area (Å²) in [5.74, 6) is 5.82. The third kappa shape index (κ3) is 3.57. The highest BCUT2D eigenvalue weighted by Crippen LogP contribution is 2.22. The molecule has 0 aliphatic heterocycles. The minimum absolute atomic E-state index is 0.294. The van der Waals surface area contributed by atoms with E-state index in [1.54, 1.807) is 13.0 Å². The molecule has 0 N–H and O–H groups in total. The molecule has 4 nitrogen and oxygen atoms in total. The van der Waals surface area contributed by atoms with Crippen molar-refractivity contribution in [2.24, 2.45) is 0 Å². The first-order chi connectivity index (χ1) is 11.7. The van der Waals surface area contributed by atoms with Crippen LogP contribution in [0.25, 0.3) is 17.0 Å². The van der Waals surface area contributed by atoms with Crippen LogP contribution in [-0.4, -0.2) is 12.6 Å². The molecule has 2 aromatic rings. The SMILES string of the molecule is CCOC(=O)/C=C/c1cc2cc3c(cc2oc1=O)C#CCCCC3. The Bertz CT molecular complexity index is 922. The summed E-state index contributed by atoms with van der Waals surface area (Å²) in [6.45, 7) is 2.02. The van der Waals surface area contributed by atoms with E-state index in [-0.39, 0.29) is 0 Å². The summed E-state index contributed by atoms with van der Waals surface area (Å²) in [5.41, 5.74) is 2.46. The van der Waals surface area contributed by atoms with Crippen molar-refractivity contribution in [3.8, 4) is 11.8 Å². The number of benzene rings is 1. The van der Waals surface area contributed by atoms with Gasteiger partial charge in [0.1, 0.15) is 5.58 Å². The maximum atomic E-state index is 12.1. The molecular weight excluding hydrogens is 304 g/mol. The summed E-state index contributed by atoms with van der Waals surface area (Å²) in [5, 5.41) is 0.833. The molecule has 1 aromatic carbocycles. The molecule has 0 atom stereocenters. The molecule has 0 radical (unpaired) electrons. The van der Waals surface area contributed by atoms with Gasteiger partial charge in [0.15, 0.2) is 0 Å². The summed E-state index contributed by atoms with van der Waals surface area (Å²) in [7, 11) is 0. The molecule has 4 heteroatoms. The van der Waals surface area contributed by atoms with Gasteiger partial charge in [0.25, 0.3) is 0 Å². The van der Waals surface area contributed by atoms with E-state index in [0.29, 0.717) is 17.8 Å². The van der Waals surface area contributed by atoms with Gasteiger partial charge in [-0.2, -0.15) is 0 Å². The first kappa shape index (κ1) is 16.1. The van der Waals surface area contributed by atoms with Crippen LogP contribution in [0.2, 0.25) is 0 Å². The van der Waals surface area contributed by atoms with Gasteiger partial charge < -0.3 is 9.15 Å². The Kier molecular flexibility index (Phi) is 4.81. The monoisotopic (exact) mass is 322 g/mol. The Balaban J connectivity index is 2.03. The van der Waals surface area contributed by atoms with Gasteiger partial charge in [-0.25, -0.2) is 9.59 Å². The summed E-state index contributed by atoms with van der Waals surface area (Å²) >= 11 is 0. The van der Waals surface area contributed by atoms with Crippen LogP contribution in [0.4, 0.5) is 0 Å². The predicted molar refractivity (Wildman–Crippen MR) is 92.6 cm³/mol. The van der Waals surface area contributed by atoms with Gasteiger partial charge in [-0.3, -0.25) is 0 Å². The van der Waals surface area contributed by atoms with Crippen molar-refractivity contribution < 1.29 is 13.9 Å². The van der Waals surface area contributed by atoms with Gasteiger partial charge in [0.2, 0.25) is 0 Å². The second-order valence-corrected chi connectivity index (χ2v) is 5.63. The Hall–Kier alpha value is -2.80. The largest absolute Gasteiger partial charge is 0.463 e. The average Bonchev–Trinajstić information content (AvgIpc) is 2.53. The number of carbonyl (C=O) groups excluding carboxylic acids is 1. The van der Waals surface area contributed by atoms with Gasteiger partial charge in [-0.05, 0) is 56.0 Å². The zero-order valence-electron chi connectivity index (χ0n) is 13.6. The maximum absolute atomic E-state index is 12.1. The topological polar surface area (TPSA) is 56.5 Å². The Morgan fingerprint density at radius 3 is 3.04 bits per heavy atom. The van der Waals surface area contributed by atoms with Crippen LogP contribution in [0.1, 0.15) is 42.9 Å². The molecule has 122 valence electrons. The van der Waals surface area contributed by atoms with Crippen LogP contribution in [0, 0.1) is 11.8 Å². The van der Waals surface area contributed by atoms with E-state index in [0.717, 1.165) is 36.6 Å². The summed E-state index contributed by atoms with van der Waals surface area (Å²) in [6, 6.07) is 5.60. The van der Waals surface area contributed by atoms with Crippen LogP contribution < -0.4 is 5.63 Å². The number of hydrogen-bond acceptors (Lipinski definition) is 4. The number of fused-ring (bicyclic) bond motifs is 2. The molecule has 1 aliphatic carbocycles. The number of carbonyl (C=O) groups is 1. The van der Waals surface area contributed by atoms with Crippen molar-refractivity contribution in [3.63, 3.8) is 0 Å². The van der Waals surface area contributed by atoms with Gasteiger partial charge in [-0.1, -0.05) is 11.8 Å². The zero-order chi connectivity index (χ0) is 16.9. The van der Waals surface area contributed by atoms with Crippen molar-refractivity contribution in [3.05, 3.63) is 51.4 Å². The van der Waals surface area contributed by atoms with Gasteiger partial charge in [-0.15, -0.1) is 0 Å². The van der Waals surface area contributed by atoms with Crippen molar-refractivity contribution >= 4 is 23.0 Å². The molecule has 1 aliphatic rings. The van der Waals surface area contributed by atoms with E-state index in [2.05, 4.69) is 11.8 Å². The highest BCUT2D eigenvalue weighted by Gasteiger charge is 2.09. The lowest BCUT2D eigenvalue weighted by molar-refractivity contribution is -0.137. The lowest BCUT2D eigenvalue weighted by Crippen LogP contribution is -2.05. The third-order valence-corrected chi connectivity index (χ3v) is 3.89. The van der Waals surface area contributed by atoms with Crippen molar-refractivity contribution in [2.75, 3.05) is 6.61 Å². The normalized spacial score (nSPS) is 13.7. The van der Waals surface area contributed by atoms with Crippen molar-refractivity contribution in [2.45, 2.75) is 32.6 Å². The van der Waals surface area contributed by atoms with Crippen LogP contribution in [0.3, 0.4) is 0 Å². The minimum atomic E-state index is -0.484. The van der Waals surface area contributed by atoms with E-state index in [1.807, 2.05) is 12.1 Å². The lowest BCUT2D eigenvalue weighted by atomic mass is 9.97. The summed E-state index contributed by atoms with van der Waals surface area (Å²) < 4.78 is 10.2. The molecule has 0 bridgehead atoms. The zero-order valence-corrected chi connectivity index (χ0v) is 13.6. The molecule has 0 amide bonds. The fraction of sp³-hybridized carbons (Fsp3) is 0.300. The van der Waals surface area contributed by atoms with Crippen LogP contribution in [0.5, 0.6) is 0 Å². The van der Waals surface area contributed by atoms with Gasteiger partial charge in [0.05, 0.1) is 12.2 Å². The number of hydrogen-bond donors (Lipinski definition) is 0. The quantitative estimate of drug-likeness (QED) is 0.376. The lowest BCUT2D eigenvalue weighted by Gasteiger charge is -2.09. The number of rotatable bonds is 3. The first-order valence-electron chi connectivity index (χ1n) is 8.12.